The monoisotopic (exact) mass is 550 g/mol. The lowest BCUT2D eigenvalue weighted by Crippen LogP contribution is -2.42. The molecule has 0 aliphatic heterocycles. The molecule has 0 spiro atoms. The van der Waals surface area contributed by atoms with E-state index in [0.717, 1.165) is 23.4 Å². The van der Waals surface area contributed by atoms with Crippen molar-refractivity contribution in [1.29, 1.82) is 0 Å². The van der Waals surface area contributed by atoms with Gasteiger partial charge in [-0.15, -0.1) is 24.0 Å². The molecule has 0 aliphatic rings. The lowest BCUT2D eigenvalue weighted by atomic mass is 10.1. The number of hydrogen-bond acceptors (Lipinski definition) is 3. The summed E-state index contributed by atoms with van der Waals surface area (Å²) in [6.45, 7) is 0.441. The minimum absolute atomic E-state index is 0. The molecule has 6 nitrogen and oxygen atoms in total. The number of nitrogens with one attached hydrogen (secondary N) is 2. The number of likely N-dealkylation sites (N-methyl/N-ethyl adjacent to an activating group) is 1. The Kier molecular flexibility index (Phi) is 10.6. The third-order valence-electron chi connectivity index (χ3n) is 4.20. The molecule has 0 radical (unpaired) electrons. The predicted molar refractivity (Wildman–Crippen MR) is 125 cm³/mol. The molecule has 0 saturated carbocycles. The number of hydrogen-bond donors (Lipinski definition) is 2. The van der Waals surface area contributed by atoms with Gasteiger partial charge in [0.15, 0.2) is 5.96 Å². The maximum Gasteiger partial charge on any atom is 0.416 e. The molecule has 1 amide bonds. The zero-order valence-electron chi connectivity index (χ0n) is 17.5. The Balaban J connectivity index is 0.00000480. The van der Waals surface area contributed by atoms with Gasteiger partial charge >= 0.3 is 6.18 Å². The van der Waals surface area contributed by atoms with Crippen LogP contribution < -0.4 is 15.4 Å². The van der Waals surface area contributed by atoms with Crippen LogP contribution in [-0.2, 0) is 24.1 Å². The second kappa shape index (κ2) is 12.4. The van der Waals surface area contributed by atoms with E-state index in [9.17, 15) is 18.0 Å². The SMILES string of the molecule is COc1ccc(CNC(=NCc2cccc(C(F)(F)F)c2)NCC(=O)N(C)C)cc1.I. The number of carbonyl (C=O) groups excluding carboxylic acids is 1. The maximum absolute atomic E-state index is 12.9. The summed E-state index contributed by atoms with van der Waals surface area (Å²) in [6.07, 6.45) is -4.41. The van der Waals surface area contributed by atoms with Gasteiger partial charge in [0.1, 0.15) is 5.75 Å². The maximum atomic E-state index is 12.9. The van der Waals surface area contributed by atoms with Crippen LogP contribution in [0.2, 0.25) is 0 Å². The summed E-state index contributed by atoms with van der Waals surface area (Å²) in [6, 6.07) is 12.4. The number of amides is 1. The van der Waals surface area contributed by atoms with Gasteiger partial charge in [0, 0.05) is 20.6 Å². The zero-order chi connectivity index (χ0) is 22.1. The molecule has 31 heavy (non-hydrogen) atoms. The molecular formula is C21H26F3IN4O2. The van der Waals surface area contributed by atoms with Gasteiger partial charge in [-0.3, -0.25) is 4.79 Å². The molecule has 0 heterocycles. The molecule has 10 heteroatoms. The molecule has 170 valence electrons. The first kappa shape index (κ1) is 26.5. The van der Waals surface area contributed by atoms with Crippen LogP contribution in [0.25, 0.3) is 0 Å². The predicted octanol–water partition coefficient (Wildman–Crippen LogP) is 3.66. The Morgan fingerprint density at radius 2 is 1.74 bits per heavy atom. The lowest BCUT2D eigenvalue weighted by Gasteiger charge is -2.15. The van der Waals surface area contributed by atoms with Crippen molar-refractivity contribution < 1.29 is 22.7 Å². The summed E-state index contributed by atoms with van der Waals surface area (Å²) >= 11 is 0. The van der Waals surface area contributed by atoms with E-state index in [1.54, 1.807) is 27.3 Å². The topological polar surface area (TPSA) is 66.0 Å². The number of aliphatic imine (C=N–C) groups is 1. The highest BCUT2D eigenvalue weighted by Crippen LogP contribution is 2.29. The van der Waals surface area contributed by atoms with E-state index in [-0.39, 0.29) is 43.0 Å². The highest BCUT2D eigenvalue weighted by atomic mass is 127. The fourth-order valence-corrected chi connectivity index (χ4v) is 2.44. The second-order valence-corrected chi connectivity index (χ2v) is 6.71. The molecule has 0 aromatic heterocycles. The molecule has 0 saturated heterocycles. The minimum Gasteiger partial charge on any atom is -0.497 e. The number of rotatable bonds is 7. The molecular weight excluding hydrogens is 524 g/mol. The Morgan fingerprint density at radius 1 is 1.06 bits per heavy atom. The van der Waals surface area contributed by atoms with Gasteiger partial charge in [-0.2, -0.15) is 13.2 Å². The van der Waals surface area contributed by atoms with E-state index in [1.165, 1.54) is 11.0 Å². The average molecular weight is 550 g/mol. The highest BCUT2D eigenvalue weighted by Gasteiger charge is 2.30. The molecule has 0 fully saturated rings. The first-order valence-corrected chi connectivity index (χ1v) is 9.20. The third kappa shape index (κ3) is 9.03. The van der Waals surface area contributed by atoms with Gasteiger partial charge in [0.2, 0.25) is 5.91 Å². The number of carbonyl (C=O) groups is 1. The summed E-state index contributed by atoms with van der Waals surface area (Å²) in [5, 5.41) is 6.00. The van der Waals surface area contributed by atoms with Gasteiger partial charge in [0.25, 0.3) is 0 Å². The van der Waals surface area contributed by atoms with Crippen molar-refractivity contribution in [2.24, 2.45) is 4.99 Å². The van der Waals surface area contributed by atoms with E-state index in [1.807, 2.05) is 24.3 Å². The second-order valence-electron chi connectivity index (χ2n) is 6.71. The van der Waals surface area contributed by atoms with Crippen molar-refractivity contribution in [2.45, 2.75) is 19.3 Å². The van der Waals surface area contributed by atoms with Gasteiger partial charge in [-0.05, 0) is 35.4 Å². The van der Waals surface area contributed by atoms with Crippen molar-refractivity contribution in [2.75, 3.05) is 27.7 Å². The van der Waals surface area contributed by atoms with E-state index in [2.05, 4.69) is 15.6 Å². The van der Waals surface area contributed by atoms with Crippen LogP contribution in [-0.4, -0.2) is 44.5 Å². The Morgan fingerprint density at radius 3 is 2.32 bits per heavy atom. The van der Waals surface area contributed by atoms with Crippen LogP contribution in [0.4, 0.5) is 13.2 Å². The van der Waals surface area contributed by atoms with Gasteiger partial charge in [0.05, 0.1) is 25.8 Å². The number of methoxy groups -OCH3 is 1. The van der Waals surface area contributed by atoms with Crippen LogP contribution in [0.3, 0.4) is 0 Å². The highest BCUT2D eigenvalue weighted by molar-refractivity contribution is 14.0. The number of alkyl halides is 3. The largest absolute Gasteiger partial charge is 0.497 e. The number of benzene rings is 2. The summed E-state index contributed by atoms with van der Waals surface area (Å²) < 4.78 is 43.8. The van der Waals surface area contributed by atoms with Gasteiger partial charge in [-0.1, -0.05) is 24.3 Å². The van der Waals surface area contributed by atoms with Crippen molar-refractivity contribution in [3.05, 3.63) is 65.2 Å². The van der Waals surface area contributed by atoms with Crippen molar-refractivity contribution in [1.82, 2.24) is 15.5 Å². The summed E-state index contributed by atoms with van der Waals surface area (Å²) in [7, 11) is 4.85. The van der Waals surface area contributed by atoms with E-state index >= 15 is 0 Å². The molecule has 2 aromatic rings. The molecule has 2 N–H and O–H groups in total. The molecule has 2 aromatic carbocycles. The van der Waals surface area contributed by atoms with Gasteiger partial charge in [-0.25, -0.2) is 4.99 Å². The average Bonchev–Trinajstić information content (AvgIpc) is 2.72. The molecule has 0 atom stereocenters. The Bertz CT molecular complexity index is 872. The van der Waals surface area contributed by atoms with E-state index < -0.39 is 11.7 Å². The number of guanidine groups is 1. The lowest BCUT2D eigenvalue weighted by molar-refractivity contribution is -0.137. The van der Waals surface area contributed by atoms with Crippen LogP contribution >= 0.6 is 24.0 Å². The van der Waals surface area contributed by atoms with Crippen LogP contribution in [0.1, 0.15) is 16.7 Å². The fraction of sp³-hybridized carbons (Fsp3) is 0.333. The van der Waals surface area contributed by atoms with Crippen LogP contribution in [0, 0.1) is 0 Å². The Hall–Kier alpha value is -2.50. The standard InChI is InChI=1S/C21H25F3N4O2.HI/c1-28(2)19(29)14-27-20(25-12-15-7-9-18(30-3)10-8-15)26-13-16-5-4-6-17(11-16)21(22,23)24;/h4-11H,12-14H2,1-3H3,(H2,25,26,27);1H. The number of halogens is 4. The smallest absolute Gasteiger partial charge is 0.416 e. The molecule has 2 rings (SSSR count). The third-order valence-corrected chi connectivity index (χ3v) is 4.20. The molecule has 0 bridgehead atoms. The fourth-order valence-electron chi connectivity index (χ4n) is 2.44. The number of nitrogens with zero attached hydrogens (tertiary/aromatic N) is 2. The summed E-state index contributed by atoms with van der Waals surface area (Å²) in [4.78, 5) is 17.6. The van der Waals surface area contributed by atoms with Gasteiger partial charge < -0.3 is 20.3 Å². The molecule has 0 unspecified atom stereocenters. The minimum atomic E-state index is -4.41. The van der Waals surface area contributed by atoms with Crippen molar-refractivity contribution >= 4 is 35.8 Å². The first-order valence-electron chi connectivity index (χ1n) is 9.20. The van der Waals surface area contributed by atoms with E-state index in [4.69, 9.17) is 4.74 Å². The van der Waals surface area contributed by atoms with Crippen LogP contribution in [0.15, 0.2) is 53.5 Å². The Labute approximate surface area is 196 Å². The quantitative estimate of drug-likeness (QED) is 0.314. The van der Waals surface area contributed by atoms with Crippen LogP contribution in [0.5, 0.6) is 5.75 Å². The summed E-state index contributed by atoms with van der Waals surface area (Å²) in [5.74, 6) is 0.887. The zero-order valence-corrected chi connectivity index (χ0v) is 19.8. The van der Waals surface area contributed by atoms with Crippen molar-refractivity contribution in [3.8, 4) is 5.75 Å². The first-order chi connectivity index (χ1) is 14.2. The summed E-state index contributed by atoms with van der Waals surface area (Å²) in [5.41, 5.74) is 0.635. The van der Waals surface area contributed by atoms with Crippen molar-refractivity contribution in [3.63, 3.8) is 0 Å². The normalized spacial score (nSPS) is 11.4. The molecule has 0 aliphatic carbocycles. The van der Waals surface area contributed by atoms with E-state index in [0.29, 0.717) is 18.1 Å². The number of ether oxygens (including phenoxy) is 1.